The first-order valence-corrected chi connectivity index (χ1v) is 9.55. The molecule has 1 saturated heterocycles. The molecule has 0 aliphatic carbocycles. The maximum Gasteiger partial charge on any atom is 0.170 e. The molecular weight excluding hydrogens is 372 g/mol. The van der Waals surface area contributed by atoms with Crippen molar-refractivity contribution in [3.8, 4) is 11.4 Å². The summed E-state index contributed by atoms with van der Waals surface area (Å²) in [6, 6.07) is 17.6. The third-order valence-electron chi connectivity index (χ3n) is 4.97. The Bertz CT molecular complexity index is 960. The topological polar surface area (TPSA) is 62.5 Å². The number of aromatic nitrogens is 2. The van der Waals surface area contributed by atoms with E-state index in [1.54, 1.807) is 13.3 Å². The van der Waals surface area contributed by atoms with E-state index in [1.165, 1.54) is 0 Å². The standard InChI is InChI=1S/C21H22N4O2S/c1-27-18-10-3-2-8-16(18)24-12-6-9-17(24)20-19(15-7-4-5-11-22-15)23-21(28)25(20)13-14-26/h2-12,19-20,26H,13-14H2,1H3,(H,23,28)/t19-,20+/m0/s1. The van der Waals surface area contributed by atoms with E-state index in [-0.39, 0.29) is 18.7 Å². The van der Waals surface area contributed by atoms with Crippen LogP contribution in [0.25, 0.3) is 5.69 Å². The summed E-state index contributed by atoms with van der Waals surface area (Å²) in [5.41, 5.74) is 2.90. The average Bonchev–Trinajstić information content (AvgIpc) is 3.33. The number of aliphatic hydroxyl groups is 1. The predicted octanol–water partition coefficient (Wildman–Crippen LogP) is 2.85. The van der Waals surface area contributed by atoms with Crippen LogP contribution >= 0.6 is 12.2 Å². The fraction of sp³-hybridized carbons (Fsp3) is 0.238. The number of benzene rings is 1. The summed E-state index contributed by atoms with van der Waals surface area (Å²) in [5, 5.41) is 13.6. The van der Waals surface area contributed by atoms with Gasteiger partial charge in [0.25, 0.3) is 0 Å². The van der Waals surface area contributed by atoms with Crippen LogP contribution < -0.4 is 10.1 Å². The molecule has 2 aromatic heterocycles. The van der Waals surface area contributed by atoms with E-state index >= 15 is 0 Å². The minimum Gasteiger partial charge on any atom is -0.495 e. The Morgan fingerprint density at radius 1 is 1.14 bits per heavy atom. The molecule has 28 heavy (non-hydrogen) atoms. The lowest BCUT2D eigenvalue weighted by Gasteiger charge is -2.28. The zero-order valence-corrected chi connectivity index (χ0v) is 16.3. The maximum atomic E-state index is 9.61. The first kappa shape index (κ1) is 18.5. The molecule has 2 N–H and O–H groups in total. The summed E-state index contributed by atoms with van der Waals surface area (Å²) < 4.78 is 7.68. The molecule has 0 bridgehead atoms. The lowest BCUT2D eigenvalue weighted by molar-refractivity contribution is 0.220. The van der Waals surface area contributed by atoms with Gasteiger partial charge in [0.15, 0.2) is 5.11 Å². The van der Waals surface area contributed by atoms with Gasteiger partial charge < -0.3 is 24.6 Å². The predicted molar refractivity (Wildman–Crippen MR) is 112 cm³/mol. The number of β-amino-alcohol motifs (C(OH)–C–C–N with tert-alkyl or cyclic N) is 1. The van der Waals surface area contributed by atoms with Gasteiger partial charge in [-0.25, -0.2) is 0 Å². The molecule has 6 nitrogen and oxygen atoms in total. The molecule has 0 amide bonds. The van der Waals surface area contributed by atoms with Crippen molar-refractivity contribution >= 4 is 17.3 Å². The third-order valence-corrected chi connectivity index (χ3v) is 5.32. The number of hydrogen-bond donors (Lipinski definition) is 2. The van der Waals surface area contributed by atoms with Crippen molar-refractivity contribution in [2.24, 2.45) is 0 Å². The van der Waals surface area contributed by atoms with Gasteiger partial charge in [-0.3, -0.25) is 4.98 Å². The quantitative estimate of drug-likeness (QED) is 0.627. The fourth-order valence-corrected chi connectivity index (χ4v) is 4.09. The highest BCUT2D eigenvalue weighted by atomic mass is 32.1. The van der Waals surface area contributed by atoms with E-state index in [2.05, 4.69) is 20.9 Å². The Kier molecular flexibility index (Phi) is 5.27. The number of thiocarbonyl (C=S) groups is 1. The van der Waals surface area contributed by atoms with Gasteiger partial charge in [-0.2, -0.15) is 0 Å². The van der Waals surface area contributed by atoms with Crippen molar-refractivity contribution in [3.05, 3.63) is 78.4 Å². The fourth-order valence-electron chi connectivity index (χ4n) is 3.76. The van der Waals surface area contributed by atoms with Crippen LogP contribution in [0.5, 0.6) is 5.75 Å². The largest absolute Gasteiger partial charge is 0.495 e. The number of pyridine rings is 1. The molecule has 0 radical (unpaired) electrons. The molecule has 1 aliphatic heterocycles. The second-order valence-corrected chi connectivity index (χ2v) is 6.91. The zero-order chi connectivity index (χ0) is 19.5. The second kappa shape index (κ2) is 8.00. The van der Waals surface area contributed by atoms with Crippen molar-refractivity contribution < 1.29 is 9.84 Å². The van der Waals surface area contributed by atoms with E-state index in [9.17, 15) is 5.11 Å². The number of hydrogen-bond acceptors (Lipinski definition) is 4. The first-order valence-electron chi connectivity index (χ1n) is 9.14. The maximum absolute atomic E-state index is 9.61. The second-order valence-electron chi connectivity index (χ2n) is 6.52. The molecular formula is C21H22N4O2S. The van der Waals surface area contributed by atoms with E-state index in [1.807, 2.05) is 59.6 Å². The summed E-state index contributed by atoms with van der Waals surface area (Å²) in [6.07, 6.45) is 3.80. The van der Waals surface area contributed by atoms with Gasteiger partial charge in [0.05, 0.1) is 37.2 Å². The number of para-hydroxylation sites is 2. The summed E-state index contributed by atoms with van der Waals surface area (Å²) >= 11 is 5.58. The average molecular weight is 395 g/mol. The van der Waals surface area contributed by atoms with Crippen LogP contribution in [0, 0.1) is 0 Å². The van der Waals surface area contributed by atoms with Crippen molar-refractivity contribution in [2.75, 3.05) is 20.3 Å². The van der Waals surface area contributed by atoms with Crippen LogP contribution in [0.3, 0.4) is 0 Å². The Labute approximate surface area is 169 Å². The third kappa shape index (κ3) is 3.23. The van der Waals surface area contributed by atoms with Crippen molar-refractivity contribution in [1.82, 2.24) is 19.8 Å². The molecule has 2 atom stereocenters. The molecule has 144 valence electrons. The Balaban J connectivity index is 1.83. The lowest BCUT2D eigenvalue weighted by Crippen LogP contribution is -2.32. The molecule has 0 saturated carbocycles. The lowest BCUT2D eigenvalue weighted by atomic mass is 10.0. The number of nitrogens with zero attached hydrogens (tertiary/aromatic N) is 3. The van der Waals surface area contributed by atoms with Gasteiger partial charge in [0, 0.05) is 24.6 Å². The molecule has 1 aromatic carbocycles. The van der Waals surface area contributed by atoms with E-state index < -0.39 is 0 Å². The minimum atomic E-state index is -0.122. The molecule has 0 spiro atoms. The minimum absolute atomic E-state index is 0.0165. The normalized spacial score (nSPS) is 18.9. The van der Waals surface area contributed by atoms with Crippen molar-refractivity contribution in [3.63, 3.8) is 0 Å². The molecule has 3 aromatic rings. The van der Waals surface area contributed by atoms with Crippen LogP contribution in [0.2, 0.25) is 0 Å². The van der Waals surface area contributed by atoms with E-state index in [4.69, 9.17) is 17.0 Å². The number of nitrogens with one attached hydrogen (secondary N) is 1. The summed E-state index contributed by atoms with van der Waals surface area (Å²) in [4.78, 5) is 6.56. The summed E-state index contributed by atoms with van der Waals surface area (Å²) in [5.74, 6) is 0.788. The Hall–Kier alpha value is -2.90. The van der Waals surface area contributed by atoms with Gasteiger partial charge in [-0.15, -0.1) is 0 Å². The highest BCUT2D eigenvalue weighted by Gasteiger charge is 2.41. The van der Waals surface area contributed by atoms with Gasteiger partial charge >= 0.3 is 0 Å². The number of rotatable bonds is 6. The molecule has 4 rings (SSSR count). The molecule has 7 heteroatoms. The first-order chi connectivity index (χ1) is 13.7. The van der Waals surface area contributed by atoms with Crippen LogP contribution in [-0.4, -0.2) is 44.9 Å². The van der Waals surface area contributed by atoms with Crippen molar-refractivity contribution in [1.29, 1.82) is 0 Å². The molecule has 3 heterocycles. The summed E-state index contributed by atoms with van der Waals surface area (Å²) in [7, 11) is 1.67. The monoisotopic (exact) mass is 394 g/mol. The van der Waals surface area contributed by atoms with Gasteiger partial charge in [-0.1, -0.05) is 18.2 Å². The van der Waals surface area contributed by atoms with Crippen LogP contribution in [0.4, 0.5) is 0 Å². The Morgan fingerprint density at radius 2 is 1.96 bits per heavy atom. The number of ether oxygens (including phenoxy) is 1. The van der Waals surface area contributed by atoms with Crippen LogP contribution in [-0.2, 0) is 0 Å². The van der Waals surface area contributed by atoms with Gasteiger partial charge in [0.1, 0.15) is 5.75 Å². The molecule has 1 fully saturated rings. The SMILES string of the molecule is COc1ccccc1-n1cccc1[C@@H]1[C@H](c2ccccn2)NC(=S)N1CCO. The van der Waals surface area contributed by atoms with Crippen LogP contribution in [0.1, 0.15) is 23.5 Å². The Morgan fingerprint density at radius 3 is 2.71 bits per heavy atom. The van der Waals surface area contributed by atoms with Crippen molar-refractivity contribution in [2.45, 2.75) is 12.1 Å². The van der Waals surface area contributed by atoms with E-state index in [0.29, 0.717) is 11.7 Å². The zero-order valence-electron chi connectivity index (χ0n) is 15.5. The van der Waals surface area contributed by atoms with Gasteiger partial charge in [0.2, 0.25) is 0 Å². The van der Waals surface area contributed by atoms with E-state index in [0.717, 1.165) is 22.8 Å². The molecule has 0 unspecified atom stereocenters. The number of aliphatic hydroxyl groups excluding tert-OH is 1. The highest BCUT2D eigenvalue weighted by molar-refractivity contribution is 7.80. The highest BCUT2D eigenvalue weighted by Crippen LogP contribution is 2.40. The van der Waals surface area contributed by atoms with Crippen LogP contribution in [0.15, 0.2) is 67.0 Å². The molecule has 1 aliphatic rings. The van der Waals surface area contributed by atoms with Gasteiger partial charge in [-0.05, 0) is 48.6 Å². The number of methoxy groups -OCH3 is 1. The summed E-state index contributed by atoms with van der Waals surface area (Å²) in [6.45, 7) is 0.458. The smallest absolute Gasteiger partial charge is 0.170 e.